The van der Waals surface area contributed by atoms with Gasteiger partial charge < -0.3 is 4.79 Å². The molecule has 0 N–H and O–H groups in total. The van der Waals surface area contributed by atoms with Crippen molar-refractivity contribution >= 4 is 6.29 Å². The second kappa shape index (κ2) is 6.38. The zero-order chi connectivity index (χ0) is 10.3. The molecule has 2 heteroatoms. The Bertz CT molecular complexity index is 216. The fourth-order valence-electron chi connectivity index (χ4n) is 0.965. The normalized spacial score (nSPS) is 13.9. The van der Waals surface area contributed by atoms with Gasteiger partial charge in [0.15, 0.2) is 0 Å². The lowest BCUT2D eigenvalue weighted by Crippen LogP contribution is -2.29. The summed E-state index contributed by atoms with van der Waals surface area (Å²) < 4.78 is 0. The van der Waals surface area contributed by atoms with Crippen LogP contribution in [0.3, 0.4) is 0 Å². The van der Waals surface area contributed by atoms with Gasteiger partial charge in [-0.15, -0.1) is 0 Å². The molecule has 0 unspecified atom stereocenters. The molecule has 0 bridgehead atoms. The minimum absolute atomic E-state index is 0.0794. The largest absolute Gasteiger partial charge is 0.302 e. The average molecular weight is 179 g/mol. The van der Waals surface area contributed by atoms with Crippen molar-refractivity contribution < 1.29 is 4.79 Å². The summed E-state index contributed by atoms with van der Waals surface area (Å²) in [5, 5.41) is 0. The Hall–Kier alpha value is -1.15. The van der Waals surface area contributed by atoms with E-state index in [4.69, 9.17) is 0 Å². The maximum Gasteiger partial charge on any atom is 0.137 e. The van der Waals surface area contributed by atoms with Crippen molar-refractivity contribution in [3.8, 4) is 0 Å². The fourth-order valence-corrected chi connectivity index (χ4v) is 0.965. The lowest BCUT2D eigenvalue weighted by atomic mass is 10.1. The molecule has 72 valence electrons. The Morgan fingerprint density at radius 2 is 2.08 bits per heavy atom. The van der Waals surface area contributed by atoms with Crippen molar-refractivity contribution in [2.45, 2.75) is 12.5 Å². The van der Waals surface area contributed by atoms with E-state index in [1.54, 1.807) is 12.2 Å². The SMILES string of the molecule is C=C/C=C(\C=C)C[C@@H](C=O)N(C)C. The molecule has 0 aliphatic rings. The second-order valence-electron chi connectivity index (χ2n) is 3.05. The third kappa shape index (κ3) is 4.43. The molecule has 0 rings (SSSR count). The van der Waals surface area contributed by atoms with Crippen LogP contribution >= 0.6 is 0 Å². The number of carbonyl (C=O) groups excluding carboxylic acids is 1. The molecular formula is C11H17NO. The third-order valence-electron chi connectivity index (χ3n) is 1.86. The zero-order valence-corrected chi connectivity index (χ0v) is 8.36. The molecule has 0 aromatic rings. The van der Waals surface area contributed by atoms with Gasteiger partial charge in [0.25, 0.3) is 0 Å². The van der Waals surface area contributed by atoms with E-state index < -0.39 is 0 Å². The van der Waals surface area contributed by atoms with E-state index in [1.165, 1.54) is 0 Å². The van der Waals surface area contributed by atoms with Crippen LogP contribution in [0.2, 0.25) is 0 Å². The van der Waals surface area contributed by atoms with E-state index in [-0.39, 0.29) is 6.04 Å². The van der Waals surface area contributed by atoms with Gasteiger partial charge in [-0.3, -0.25) is 4.90 Å². The van der Waals surface area contributed by atoms with Crippen molar-refractivity contribution in [3.63, 3.8) is 0 Å². The van der Waals surface area contributed by atoms with Crippen LogP contribution in [0.5, 0.6) is 0 Å². The van der Waals surface area contributed by atoms with Crippen molar-refractivity contribution in [1.82, 2.24) is 4.90 Å². The van der Waals surface area contributed by atoms with Crippen molar-refractivity contribution in [3.05, 3.63) is 37.0 Å². The highest BCUT2D eigenvalue weighted by atomic mass is 16.1. The van der Waals surface area contributed by atoms with Gasteiger partial charge in [-0.05, 0) is 26.1 Å². The Kier molecular flexibility index (Phi) is 5.81. The predicted octanol–water partition coefficient (Wildman–Crippen LogP) is 1.80. The topological polar surface area (TPSA) is 20.3 Å². The minimum atomic E-state index is -0.0794. The fraction of sp³-hybridized carbons (Fsp3) is 0.364. The molecule has 0 aliphatic carbocycles. The van der Waals surface area contributed by atoms with Crippen LogP contribution in [-0.4, -0.2) is 31.3 Å². The van der Waals surface area contributed by atoms with E-state index in [9.17, 15) is 4.79 Å². The summed E-state index contributed by atoms with van der Waals surface area (Å²) in [7, 11) is 3.77. The lowest BCUT2D eigenvalue weighted by Gasteiger charge is -2.18. The first-order valence-electron chi connectivity index (χ1n) is 4.21. The first-order chi connectivity index (χ1) is 6.15. The number of nitrogens with zero attached hydrogens (tertiary/aromatic N) is 1. The summed E-state index contributed by atoms with van der Waals surface area (Å²) in [6.45, 7) is 7.28. The maximum atomic E-state index is 10.7. The van der Waals surface area contributed by atoms with Gasteiger partial charge >= 0.3 is 0 Å². The molecule has 1 atom stereocenters. The molecule has 0 aromatic carbocycles. The number of rotatable bonds is 6. The van der Waals surface area contributed by atoms with Crippen molar-refractivity contribution in [2.24, 2.45) is 0 Å². The quantitative estimate of drug-likeness (QED) is 0.458. The number of carbonyl (C=O) groups is 1. The number of hydrogen-bond donors (Lipinski definition) is 0. The van der Waals surface area contributed by atoms with E-state index in [2.05, 4.69) is 13.2 Å². The molecule has 0 fully saturated rings. The van der Waals surface area contributed by atoms with Crippen molar-refractivity contribution in [1.29, 1.82) is 0 Å². The van der Waals surface area contributed by atoms with Gasteiger partial charge in [-0.1, -0.05) is 31.4 Å². The second-order valence-corrected chi connectivity index (χ2v) is 3.05. The molecule has 0 radical (unpaired) electrons. The van der Waals surface area contributed by atoms with Crippen LogP contribution in [-0.2, 0) is 4.79 Å². The van der Waals surface area contributed by atoms with E-state index >= 15 is 0 Å². The van der Waals surface area contributed by atoms with Gasteiger partial charge in [0, 0.05) is 0 Å². The monoisotopic (exact) mass is 179 g/mol. The van der Waals surface area contributed by atoms with Crippen LogP contribution in [0.25, 0.3) is 0 Å². The minimum Gasteiger partial charge on any atom is -0.302 e. The zero-order valence-electron chi connectivity index (χ0n) is 8.36. The highest BCUT2D eigenvalue weighted by Crippen LogP contribution is 2.08. The Balaban J connectivity index is 4.35. The summed E-state index contributed by atoms with van der Waals surface area (Å²) in [6, 6.07) is -0.0794. The third-order valence-corrected chi connectivity index (χ3v) is 1.86. The number of aldehydes is 1. The van der Waals surface area contributed by atoms with Crippen LogP contribution < -0.4 is 0 Å². The van der Waals surface area contributed by atoms with Crippen LogP contribution in [0, 0.1) is 0 Å². The summed E-state index contributed by atoms with van der Waals surface area (Å²) in [6.07, 6.45) is 6.95. The molecule has 0 aliphatic heterocycles. The van der Waals surface area contributed by atoms with E-state index in [1.807, 2.05) is 25.1 Å². The smallest absolute Gasteiger partial charge is 0.137 e. The molecule has 2 nitrogen and oxygen atoms in total. The van der Waals surface area contributed by atoms with Crippen LogP contribution in [0.15, 0.2) is 37.0 Å². The van der Waals surface area contributed by atoms with Crippen LogP contribution in [0.4, 0.5) is 0 Å². The van der Waals surface area contributed by atoms with Gasteiger partial charge in [0.2, 0.25) is 0 Å². The molecule has 0 saturated heterocycles. The van der Waals surface area contributed by atoms with Crippen molar-refractivity contribution in [2.75, 3.05) is 14.1 Å². The number of likely N-dealkylation sites (N-methyl/N-ethyl adjacent to an activating group) is 1. The standard InChI is InChI=1S/C11H17NO/c1-5-7-10(6-2)8-11(9-13)12(3)4/h5-7,9,11H,1-2,8H2,3-4H3/b10-7+/t11-/m0/s1. The Morgan fingerprint density at radius 1 is 1.46 bits per heavy atom. The first kappa shape index (κ1) is 11.8. The number of hydrogen-bond acceptors (Lipinski definition) is 2. The Labute approximate surface area is 80.2 Å². The summed E-state index contributed by atoms with van der Waals surface area (Å²) in [4.78, 5) is 12.6. The molecule has 0 spiro atoms. The molecule has 0 amide bonds. The highest BCUT2D eigenvalue weighted by Gasteiger charge is 2.09. The first-order valence-corrected chi connectivity index (χ1v) is 4.21. The maximum absolute atomic E-state index is 10.7. The molecule has 0 heterocycles. The summed E-state index contributed by atoms with van der Waals surface area (Å²) in [5.74, 6) is 0. The molecule has 0 saturated carbocycles. The van der Waals surface area contributed by atoms with Gasteiger partial charge in [0.05, 0.1) is 6.04 Å². The number of allylic oxidation sites excluding steroid dienone is 3. The lowest BCUT2D eigenvalue weighted by molar-refractivity contribution is -0.111. The van der Waals surface area contributed by atoms with Gasteiger partial charge in [-0.25, -0.2) is 0 Å². The van der Waals surface area contributed by atoms with Gasteiger partial charge in [0.1, 0.15) is 6.29 Å². The summed E-state index contributed by atoms with van der Waals surface area (Å²) >= 11 is 0. The van der Waals surface area contributed by atoms with Gasteiger partial charge in [-0.2, -0.15) is 0 Å². The highest BCUT2D eigenvalue weighted by molar-refractivity contribution is 5.58. The van der Waals surface area contributed by atoms with E-state index in [0.29, 0.717) is 6.42 Å². The Morgan fingerprint density at radius 3 is 2.38 bits per heavy atom. The molecule has 13 heavy (non-hydrogen) atoms. The summed E-state index contributed by atoms with van der Waals surface area (Å²) in [5.41, 5.74) is 1.03. The molecule has 0 aromatic heterocycles. The predicted molar refractivity (Wildman–Crippen MR) is 56.6 cm³/mol. The van der Waals surface area contributed by atoms with E-state index in [0.717, 1.165) is 11.9 Å². The average Bonchev–Trinajstić information content (AvgIpc) is 2.11. The van der Waals surface area contributed by atoms with Crippen LogP contribution in [0.1, 0.15) is 6.42 Å². The molecular weight excluding hydrogens is 162 g/mol.